The maximum Gasteiger partial charge on any atom is 0.212 e. The summed E-state index contributed by atoms with van der Waals surface area (Å²) in [4.78, 5) is 27.6. The predicted molar refractivity (Wildman–Crippen MR) is 219 cm³/mol. The summed E-state index contributed by atoms with van der Waals surface area (Å²) in [5, 5.41) is 6.30. The Morgan fingerprint density at radius 2 is 0.964 bits per heavy atom. The normalized spacial score (nSPS) is 21.5. The number of benzene rings is 5. The van der Waals surface area contributed by atoms with Crippen LogP contribution in [0, 0.1) is 9.81 Å². The Morgan fingerprint density at radius 3 is 1.34 bits per heavy atom. The highest BCUT2D eigenvalue weighted by Crippen LogP contribution is 2.58. The molecule has 0 radical (unpaired) electrons. The molecule has 56 heavy (non-hydrogen) atoms. The lowest BCUT2D eigenvalue weighted by Crippen LogP contribution is -2.59. The van der Waals surface area contributed by atoms with E-state index < -0.39 is 22.3 Å². The Balaban J connectivity index is 1.06. The second-order valence-electron chi connectivity index (χ2n) is 15.9. The van der Waals surface area contributed by atoms with E-state index in [0.717, 1.165) is 33.6 Å². The van der Waals surface area contributed by atoms with Crippen molar-refractivity contribution in [3.8, 4) is 23.0 Å². The number of ether oxygens (including phenoxy) is 4. The molecule has 5 aromatic rings. The number of fused-ring (bicyclic) bond motifs is 4. The molecule has 0 aromatic heterocycles. The molecule has 5 aromatic carbocycles. The number of methoxy groups -OCH3 is 2. The second-order valence-corrected chi connectivity index (χ2v) is 15.9. The van der Waals surface area contributed by atoms with Gasteiger partial charge in [-0.25, -0.2) is 0 Å². The molecule has 0 N–H and O–H groups in total. The quantitative estimate of drug-likeness (QED) is 0.145. The Kier molecular flexibility index (Phi) is 7.91. The fourth-order valence-electron chi connectivity index (χ4n) is 9.25. The highest BCUT2D eigenvalue weighted by Gasteiger charge is 2.60. The van der Waals surface area contributed by atoms with Crippen LogP contribution in [0.1, 0.15) is 61.1 Å². The Morgan fingerprint density at radius 1 is 0.571 bits per heavy atom. The molecule has 2 spiro atoms. The lowest BCUT2D eigenvalue weighted by molar-refractivity contribution is 0.0491. The first kappa shape index (κ1) is 35.3. The van der Waals surface area contributed by atoms with Gasteiger partial charge in [-0.3, -0.25) is 0 Å². The van der Waals surface area contributed by atoms with Crippen LogP contribution in [0.4, 0.5) is 22.7 Å². The van der Waals surface area contributed by atoms with Crippen molar-refractivity contribution in [2.75, 3.05) is 24.0 Å². The van der Waals surface area contributed by atoms with Crippen LogP contribution in [0.5, 0.6) is 23.0 Å². The number of rotatable bonds is 8. The zero-order valence-electron chi connectivity index (χ0n) is 32.2. The van der Waals surface area contributed by atoms with E-state index in [-0.39, 0.29) is 11.4 Å². The summed E-state index contributed by atoms with van der Waals surface area (Å²) in [7, 11) is 3.15. The number of nitroso groups, excluding NO2 is 2. The lowest BCUT2D eigenvalue weighted by atomic mass is 9.76. The monoisotopic (exact) mass is 746 g/mol. The lowest BCUT2D eigenvalue weighted by Gasteiger charge is -2.47. The van der Waals surface area contributed by atoms with Gasteiger partial charge in [0, 0.05) is 47.7 Å². The number of anilines is 2. The van der Waals surface area contributed by atoms with Crippen molar-refractivity contribution >= 4 is 34.9 Å². The molecule has 0 saturated carbocycles. The number of nitrogens with zero attached hydrogens (tertiary/aromatic N) is 4. The fraction of sp³-hybridized carbons (Fsp3) is 0.261. The predicted octanol–water partition coefficient (Wildman–Crippen LogP) is 10.7. The molecule has 4 aliphatic rings. The van der Waals surface area contributed by atoms with E-state index in [2.05, 4.69) is 133 Å². The summed E-state index contributed by atoms with van der Waals surface area (Å²) in [5.41, 5.74) is 6.08. The minimum atomic E-state index is -0.895. The van der Waals surface area contributed by atoms with Crippen LogP contribution < -0.4 is 28.7 Å². The molecule has 2 unspecified atom stereocenters. The number of para-hydroxylation sites is 2. The smallest absolute Gasteiger partial charge is 0.212 e. The highest BCUT2D eigenvalue weighted by molar-refractivity contribution is 5.77. The van der Waals surface area contributed by atoms with Gasteiger partial charge in [-0.1, -0.05) is 60.7 Å². The molecule has 4 heterocycles. The molecule has 0 amide bonds. The molecule has 10 nitrogen and oxygen atoms in total. The molecule has 10 heteroatoms. The summed E-state index contributed by atoms with van der Waals surface area (Å²) < 4.78 is 25.6. The van der Waals surface area contributed by atoms with Crippen molar-refractivity contribution in [3.05, 3.63) is 152 Å². The van der Waals surface area contributed by atoms with E-state index in [4.69, 9.17) is 18.9 Å². The van der Waals surface area contributed by atoms with Crippen molar-refractivity contribution < 1.29 is 18.9 Å². The van der Waals surface area contributed by atoms with Crippen molar-refractivity contribution in [1.29, 1.82) is 0 Å². The third-order valence-electron chi connectivity index (χ3n) is 12.3. The van der Waals surface area contributed by atoms with Gasteiger partial charge in [-0.15, -0.1) is 9.81 Å². The van der Waals surface area contributed by atoms with Gasteiger partial charge >= 0.3 is 0 Å². The molecule has 4 aliphatic heterocycles. The van der Waals surface area contributed by atoms with Crippen LogP contribution in [-0.2, 0) is 23.9 Å². The minimum absolute atomic E-state index is 0.281. The number of hydrogen-bond donors (Lipinski definition) is 0. The first-order valence-electron chi connectivity index (χ1n) is 18.7. The van der Waals surface area contributed by atoms with Crippen LogP contribution in [0.25, 0.3) is 12.2 Å². The SMILES string of the molecule is COc1cc(N=O)cc2c1OC1(C=C2)N(Cc2ccc(CN3c4ccccc4C(C)(C)C34C=Cc3cc(N=O)cc(OC)c3O4)cc2)c2ccccc2C1(C)C. The van der Waals surface area contributed by atoms with Crippen molar-refractivity contribution in [1.82, 2.24) is 0 Å². The molecule has 0 aliphatic carbocycles. The van der Waals surface area contributed by atoms with Gasteiger partial charge in [0.25, 0.3) is 0 Å². The summed E-state index contributed by atoms with van der Waals surface area (Å²) in [5.74, 6) is 2.07. The largest absolute Gasteiger partial charge is 0.493 e. The van der Waals surface area contributed by atoms with E-state index in [1.807, 2.05) is 12.2 Å². The first-order chi connectivity index (χ1) is 27.0. The molecule has 0 bridgehead atoms. The van der Waals surface area contributed by atoms with Gasteiger partial charge in [0.1, 0.15) is 11.4 Å². The molecule has 2 atom stereocenters. The Hall–Kier alpha value is -6.42. The Bertz CT molecular complexity index is 2320. The molecular weight excluding hydrogens is 705 g/mol. The average molecular weight is 747 g/mol. The fourth-order valence-corrected chi connectivity index (χ4v) is 9.25. The summed E-state index contributed by atoms with van der Waals surface area (Å²) >= 11 is 0. The van der Waals surface area contributed by atoms with Crippen LogP contribution >= 0.6 is 0 Å². The topological polar surface area (TPSA) is 102 Å². The minimum Gasteiger partial charge on any atom is -0.493 e. The average Bonchev–Trinajstić information content (AvgIpc) is 3.51. The van der Waals surface area contributed by atoms with E-state index in [0.29, 0.717) is 36.1 Å². The van der Waals surface area contributed by atoms with Gasteiger partial charge < -0.3 is 28.7 Å². The molecular formula is C46H42N4O6. The zero-order chi connectivity index (χ0) is 39.0. The van der Waals surface area contributed by atoms with Gasteiger partial charge in [0.2, 0.25) is 11.4 Å². The summed E-state index contributed by atoms with van der Waals surface area (Å²) in [6, 6.07) is 32.3. The van der Waals surface area contributed by atoms with Gasteiger partial charge in [-0.2, -0.15) is 0 Å². The third-order valence-corrected chi connectivity index (χ3v) is 12.3. The van der Waals surface area contributed by atoms with Crippen LogP contribution in [0.2, 0.25) is 0 Å². The standard InChI is InChI=1S/C46H42N4O6/c1-43(2)35-11-7-9-13-37(35)49(45(43)21-19-31-23-33(47-51)25-39(53-5)41(31)55-45)27-29-15-17-30(18-16-29)28-50-38-14-10-8-12-36(38)44(3,4)46(50)22-20-32-24-34(48-52)26-40(54-6)42(32)56-46/h7-26H,27-28H2,1-6H3. The van der Waals surface area contributed by atoms with Gasteiger partial charge in [0.15, 0.2) is 23.0 Å². The zero-order valence-corrected chi connectivity index (χ0v) is 32.2. The van der Waals surface area contributed by atoms with Crippen LogP contribution in [0.3, 0.4) is 0 Å². The molecule has 9 rings (SSSR count). The maximum atomic E-state index is 11.5. The summed E-state index contributed by atoms with van der Waals surface area (Å²) in [6.07, 6.45) is 8.23. The third kappa shape index (κ3) is 4.87. The maximum absolute atomic E-state index is 11.5. The first-order valence-corrected chi connectivity index (χ1v) is 18.7. The molecule has 282 valence electrons. The van der Waals surface area contributed by atoms with E-state index in [9.17, 15) is 9.81 Å². The van der Waals surface area contributed by atoms with Crippen LogP contribution in [-0.4, -0.2) is 25.7 Å². The highest BCUT2D eigenvalue weighted by atomic mass is 16.6. The van der Waals surface area contributed by atoms with Gasteiger partial charge in [-0.05, 0) is 109 Å². The van der Waals surface area contributed by atoms with Crippen molar-refractivity contribution in [3.63, 3.8) is 0 Å². The van der Waals surface area contributed by atoms with Crippen molar-refractivity contribution in [2.24, 2.45) is 10.4 Å². The second kappa shape index (κ2) is 12.6. The van der Waals surface area contributed by atoms with Gasteiger partial charge in [0.05, 0.1) is 25.0 Å². The molecule has 0 saturated heterocycles. The van der Waals surface area contributed by atoms with Crippen LogP contribution in [0.15, 0.2) is 120 Å². The summed E-state index contributed by atoms with van der Waals surface area (Å²) in [6.45, 7) is 9.96. The number of hydrogen-bond acceptors (Lipinski definition) is 10. The van der Waals surface area contributed by atoms with E-state index >= 15 is 0 Å². The molecule has 0 fully saturated rings. The van der Waals surface area contributed by atoms with Crippen molar-refractivity contribution in [2.45, 2.75) is 63.1 Å². The Labute approximate surface area is 325 Å². The van der Waals surface area contributed by atoms with E-state index in [1.165, 1.54) is 11.1 Å². The van der Waals surface area contributed by atoms with E-state index in [1.54, 1.807) is 38.5 Å².